The van der Waals surface area contributed by atoms with Gasteiger partial charge in [-0.2, -0.15) is 0 Å². The topological polar surface area (TPSA) is 86.5 Å². The fraction of sp³-hybridized carbons (Fsp3) is 0.360. The van der Waals surface area contributed by atoms with Crippen molar-refractivity contribution in [3.8, 4) is 5.75 Å². The average molecular weight is 435 g/mol. The van der Waals surface area contributed by atoms with E-state index in [2.05, 4.69) is 32.7 Å². The van der Waals surface area contributed by atoms with E-state index >= 15 is 0 Å². The molecule has 2 heterocycles. The highest BCUT2D eigenvalue weighted by Gasteiger charge is 2.31. The third-order valence-corrected chi connectivity index (χ3v) is 5.75. The number of piperazine rings is 1. The summed E-state index contributed by atoms with van der Waals surface area (Å²) in [6, 6.07) is 15.6. The van der Waals surface area contributed by atoms with Gasteiger partial charge >= 0.3 is 0 Å². The van der Waals surface area contributed by atoms with E-state index in [4.69, 9.17) is 4.74 Å². The summed E-state index contributed by atoms with van der Waals surface area (Å²) in [6.07, 6.45) is 0.133. The molecule has 7 heteroatoms. The molecule has 0 radical (unpaired) electrons. The number of aryl methyl sites for hydroxylation is 1. The minimum Gasteiger partial charge on any atom is -0.494 e. The van der Waals surface area contributed by atoms with E-state index in [1.165, 1.54) is 0 Å². The van der Waals surface area contributed by atoms with Crippen LogP contribution in [0.4, 0.5) is 0 Å². The summed E-state index contributed by atoms with van der Waals surface area (Å²) >= 11 is 0. The molecule has 4 rings (SSSR count). The van der Waals surface area contributed by atoms with E-state index in [0.29, 0.717) is 32.8 Å². The van der Waals surface area contributed by atoms with E-state index in [0.717, 1.165) is 33.5 Å². The number of hydrogen-bond donors (Lipinski definition) is 3. The minimum atomic E-state index is -0.481. The predicted molar refractivity (Wildman–Crippen MR) is 124 cm³/mol. The van der Waals surface area contributed by atoms with Crippen molar-refractivity contribution in [2.75, 3.05) is 19.7 Å². The zero-order valence-electron chi connectivity index (χ0n) is 18.6. The second-order valence-electron chi connectivity index (χ2n) is 8.21. The summed E-state index contributed by atoms with van der Waals surface area (Å²) < 4.78 is 5.50. The largest absolute Gasteiger partial charge is 0.494 e. The van der Waals surface area contributed by atoms with Gasteiger partial charge in [0.25, 0.3) is 0 Å². The van der Waals surface area contributed by atoms with Gasteiger partial charge in [-0.25, -0.2) is 0 Å². The number of benzene rings is 2. The number of carbonyl (C=O) groups is 2. The second-order valence-corrected chi connectivity index (χ2v) is 8.21. The van der Waals surface area contributed by atoms with Crippen molar-refractivity contribution in [3.05, 3.63) is 65.4 Å². The van der Waals surface area contributed by atoms with Crippen molar-refractivity contribution in [2.45, 2.75) is 39.4 Å². The molecule has 1 aliphatic heterocycles. The Labute approximate surface area is 188 Å². The zero-order valence-corrected chi connectivity index (χ0v) is 18.6. The molecule has 1 aliphatic rings. The third-order valence-electron chi connectivity index (χ3n) is 5.75. The van der Waals surface area contributed by atoms with Gasteiger partial charge in [0.15, 0.2) is 0 Å². The van der Waals surface area contributed by atoms with E-state index < -0.39 is 6.04 Å². The number of amides is 2. The van der Waals surface area contributed by atoms with Gasteiger partial charge in [0, 0.05) is 37.4 Å². The maximum atomic E-state index is 12.7. The van der Waals surface area contributed by atoms with Crippen LogP contribution in [0.5, 0.6) is 5.75 Å². The fourth-order valence-corrected chi connectivity index (χ4v) is 4.15. The van der Waals surface area contributed by atoms with Crippen molar-refractivity contribution < 1.29 is 14.3 Å². The highest BCUT2D eigenvalue weighted by atomic mass is 16.5. The molecule has 32 heavy (non-hydrogen) atoms. The van der Waals surface area contributed by atoms with Crippen molar-refractivity contribution in [1.82, 2.24) is 20.5 Å². The van der Waals surface area contributed by atoms with Gasteiger partial charge in [-0.3, -0.25) is 14.5 Å². The normalized spacial score (nSPS) is 16.7. The van der Waals surface area contributed by atoms with Crippen LogP contribution in [0.1, 0.15) is 30.2 Å². The van der Waals surface area contributed by atoms with E-state index in [9.17, 15) is 9.59 Å². The summed E-state index contributed by atoms with van der Waals surface area (Å²) in [5.74, 6) is 0.604. The molecule has 0 saturated carbocycles. The number of fused-ring (bicyclic) bond motifs is 1. The van der Waals surface area contributed by atoms with Gasteiger partial charge in [0.2, 0.25) is 11.8 Å². The second kappa shape index (κ2) is 9.87. The summed E-state index contributed by atoms with van der Waals surface area (Å²) in [6.45, 7) is 6.95. The van der Waals surface area contributed by atoms with E-state index in [1.54, 1.807) is 0 Å². The van der Waals surface area contributed by atoms with Crippen LogP contribution in [0.2, 0.25) is 0 Å². The highest BCUT2D eigenvalue weighted by Crippen LogP contribution is 2.19. The first-order valence-corrected chi connectivity index (χ1v) is 11.1. The number of nitrogens with one attached hydrogen (secondary N) is 3. The van der Waals surface area contributed by atoms with Crippen LogP contribution >= 0.6 is 0 Å². The molecule has 2 aromatic carbocycles. The molecule has 0 bridgehead atoms. The molecule has 1 unspecified atom stereocenters. The zero-order chi connectivity index (χ0) is 22.5. The van der Waals surface area contributed by atoms with Crippen LogP contribution in [0.25, 0.3) is 10.9 Å². The van der Waals surface area contributed by atoms with Gasteiger partial charge < -0.3 is 20.4 Å². The maximum Gasteiger partial charge on any atom is 0.237 e. The fourth-order valence-electron chi connectivity index (χ4n) is 4.15. The first kappa shape index (κ1) is 21.9. The van der Waals surface area contributed by atoms with Crippen molar-refractivity contribution in [3.63, 3.8) is 0 Å². The first-order valence-electron chi connectivity index (χ1n) is 11.1. The Bertz CT molecular complexity index is 1090. The summed E-state index contributed by atoms with van der Waals surface area (Å²) in [7, 11) is 0. The van der Waals surface area contributed by atoms with Crippen LogP contribution in [0.3, 0.4) is 0 Å². The number of ether oxygens (including phenoxy) is 1. The lowest BCUT2D eigenvalue weighted by molar-refractivity contribution is -0.134. The monoisotopic (exact) mass is 434 g/mol. The molecule has 0 spiro atoms. The van der Waals surface area contributed by atoms with E-state index in [1.807, 2.05) is 50.2 Å². The molecule has 1 saturated heterocycles. The molecule has 1 aromatic heterocycles. The first-order chi connectivity index (χ1) is 15.5. The number of rotatable bonds is 8. The Hall–Kier alpha value is -3.32. The molecule has 3 N–H and O–H groups in total. The van der Waals surface area contributed by atoms with Crippen LogP contribution in [0.15, 0.2) is 48.5 Å². The quantitative estimate of drug-likeness (QED) is 0.509. The minimum absolute atomic E-state index is 0.0958. The van der Waals surface area contributed by atoms with Crippen molar-refractivity contribution in [2.24, 2.45) is 0 Å². The smallest absolute Gasteiger partial charge is 0.237 e. The average Bonchev–Trinajstić information content (AvgIpc) is 3.15. The van der Waals surface area contributed by atoms with Crippen LogP contribution < -0.4 is 15.4 Å². The lowest BCUT2D eigenvalue weighted by Crippen LogP contribution is -2.56. The number of aromatic nitrogens is 1. The molecule has 7 nitrogen and oxygen atoms in total. The van der Waals surface area contributed by atoms with Gasteiger partial charge in [0.1, 0.15) is 5.75 Å². The molecule has 3 aromatic rings. The molecule has 1 atom stereocenters. The molecule has 0 aliphatic carbocycles. The van der Waals surface area contributed by atoms with Gasteiger partial charge in [-0.1, -0.05) is 18.2 Å². The summed E-state index contributed by atoms with van der Waals surface area (Å²) in [5.41, 5.74) is 4.31. The number of carbonyl (C=O) groups excluding carboxylic acids is 2. The number of nitrogens with zero attached hydrogens (tertiary/aromatic N) is 1. The van der Waals surface area contributed by atoms with Crippen molar-refractivity contribution in [1.29, 1.82) is 0 Å². The van der Waals surface area contributed by atoms with Crippen LogP contribution in [0, 0.1) is 6.92 Å². The lowest BCUT2D eigenvalue weighted by Gasteiger charge is -2.34. The molecule has 1 fully saturated rings. The predicted octanol–water partition coefficient (Wildman–Crippen LogP) is 2.88. The van der Waals surface area contributed by atoms with Crippen LogP contribution in [-0.4, -0.2) is 47.4 Å². The molecular weight excluding hydrogens is 404 g/mol. The highest BCUT2D eigenvalue weighted by molar-refractivity contribution is 5.89. The molecule has 168 valence electrons. The lowest BCUT2D eigenvalue weighted by atomic mass is 10.1. The Kier molecular flexibility index (Phi) is 6.75. The molecular formula is C25H30N4O3. The Morgan fingerprint density at radius 3 is 2.72 bits per heavy atom. The third kappa shape index (κ3) is 5.29. The summed E-state index contributed by atoms with van der Waals surface area (Å²) in [4.78, 5) is 30.6. The Morgan fingerprint density at radius 2 is 1.94 bits per heavy atom. The maximum absolute atomic E-state index is 12.7. The van der Waals surface area contributed by atoms with Crippen LogP contribution in [-0.2, 0) is 22.7 Å². The number of aromatic amines is 1. The van der Waals surface area contributed by atoms with Gasteiger partial charge in [-0.15, -0.1) is 0 Å². The number of H-pyrrole nitrogens is 1. The Morgan fingerprint density at radius 1 is 1.16 bits per heavy atom. The van der Waals surface area contributed by atoms with E-state index in [-0.39, 0.29) is 18.2 Å². The van der Waals surface area contributed by atoms with Gasteiger partial charge in [0.05, 0.1) is 19.1 Å². The number of hydrogen-bond acceptors (Lipinski definition) is 4. The van der Waals surface area contributed by atoms with Crippen molar-refractivity contribution >= 4 is 22.7 Å². The Balaban J connectivity index is 1.36. The van der Waals surface area contributed by atoms with Gasteiger partial charge in [-0.05, 0) is 60.7 Å². The summed E-state index contributed by atoms with van der Waals surface area (Å²) in [5, 5.41) is 6.99. The molecule has 2 amide bonds. The SMILES string of the molecule is CCOc1ccc(CN2CCNC(=O)C2CC(=O)NCc2ccc3[nH]c(C)cc3c2)cc1. The standard InChI is InChI=1S/C25H30N4O3/c1-3-32-21-7-4-18(5-8-21)16-29-11-10-26-25(31)23(29)14-24(30)27-15-19-6-9-22-20(13-19)12-17(2)28-22/h4-9,12-13,23,28H,3,10-11,14-16H2,1-2H3,(H,26,31)(H,27,30).